The lowest BCUT2D eigenvalue weighted by molar-refractivity contribution is -0.141. The Morgan fingerprint density at radius 1 is 1.26 bits per heavy atom. The van der Waals surface area contributed by atoms with Gasteiger partial charge in [-0.15, -0.1) is 0 Å². The molecule has 2 N–H and O–H groups in total. The third-order valence-corrected chi connectivity index (χ3v) is 4.93. The van der Waals surface area contributed by atoms with Gasteiger partial charge in [0.1, 0.15) is 0 Å². The number of nitrogens with one attached hydrogen (secondary N) is 2. The molecule has 3 heterocycles. The molecule has 12 heteroatoms. The molecule has 4 rings (SSSR count). The second-order valence-electron chi connectivity index (χ2n) is 6.66. The summed E-state index contributed by atoms with van der Waals surface area (Å²) in [6, 6.07) is 4.72. The number of amides is 1. The lowest BCUT2D eigenvalue weighted by atomic mass is 10.1. The molecule has 1 aliphatic rings. The first-order chi connectivity index (χ1) is 14.8. The first-order valence-corrected chi connectivity index (χ1v) is 9.56. The van der Waals surface area contributed by atoms with E-state index in [1.54, 1.807) is 12.1 Å². The maximum atomic E-state index is 13.2. The van der Waals surface area contributed by atoms with E-state index in [1.165, 1.54) is 18.5 Å². The van der Waals surface area contributed by atoms with Crippen LogP contribution in [0.2, 0.25) is 5.02 Å². The third kappa shape index (κ3) is 4.53. The molecule has 0 bridgehead atoms. The highest BCUT2D eigenvalue weighted by atomic mass is 35.5. The van der Waals surface area contributed by atoms with Crippen LogP contribution in [0.4, 0.5) is 24.7 Å². The summed E-state index contributed by atoms with van der Waals surface area (Å²) in [5.74, 6) is -0.956. The number of nitrogens with zero attached hydrogens (tertiary/aromatic N) is 4. The summed E-state index contributed by atoms with van der Waals surface area (Å²) in [5.41, 5.74) is -0.181. The fraction of sp³-hybridized carbons (Fsp3) is 0.263. The second kappa shape index (κ2) is 8.61. The highest BCUT2D eigenvalue weighted by Crippen LogP contribution is 2.35. The molecule has 0 aliphatic carbocycles. The molecule has 1 aliphatic heterocycles. The van der Waals surface area contributed by atoms with Crippen LogP contribution in [-0.2, 0) is 10.9 Å². The Morgan fingerprint density at radius 2 is 2.10 bits per heavy atom. The Labute approximate surface area is 179 Å². The molecule has 2 aromatic heterocycles. The van der Waals surface area contributed by atoms with Crippen molar-refractivity contribution in [3.63, 3.8) is 0 Å². The average molecular weight is 453 g/mol. The molecule has 0 saturated carbocycles. The maximum absolute atomic E-state index is 13.2. The second-order valence-corrected chi connectivity index (χ2v) is 7.06. The monoisotopic (exact) mass is 452 g/mol. The summed E-state index contributed by atoms with van der Waals surface area (Å²) in [6.45, 7) is 1.82. The van der Waals surface area contributed by atoms with Gasteiger partial charge in [-0.2, -0.15) is 18.3 Å². The van der Waals surface area contributed by atoms with Gasteiger partial charge in [-0.3, -0.25) is 19.8 Å². The molecular formula is C19H16ClF3N6O2. The fourth-order valence-corrected chi connectivity index (χ4v) is 3.43. The van der Waals surface area contributed by atoms with E-state index in [0.29, 0.717) is 29.9 Å². The number of H-pyrrole nitrogens is 1. The minimum absolute atomic E-state index is 0.124. The van der Waals surface area contributed by atoms with Gasteiger partial charge in [0.05, 0.1) is 42.6 Å². The van der Waals surface area contributed by atoms with Gasteiger partial charge < -0.3 is 10.1 Å². The van der Waals surface area contributed by atoms with Gasteiger partial charge in [0.15, 0.2) is 11.5 Å². The van der Waals surface area contributed by atoms with Crippen molar-refractivity contribution in [3.8, 4) is 0 Å². The molecule has 3 aromatic rings. The Morgan fingerprint density at radius 3 is 2.74 bits per heavy atom. The fourth-order valence-electron chi connectivity index (χ4n) is 3.13. The van der Waals surface area contributed by atoms with Crippen molar-refractivity contribution < 1.29 is 22.7 Å². The Kier molecular flexibility index (Phi) is 5.90. The zero-order valence-electron chi connectivity index (χ0n) is 15.9. The van der Waals surface area contributed by atoms with Crippen molar-refractivity contribution in [1.29, 1.82) is 0 Å². The molecule has 162 valence electrons. The topological polar surface area (TPSA) is 96.0 Å². The first-order valence-electron chi connectivity index (χ1n) is 9.19. The molecule has 1 aromatic carbocycles. The normalized spacial score (nSPS) is 16.8. The van der Waals surface area contributed by atoms with Gasteiger partial charge in [-0.1, -0.05) is 17.7 Å². The molecular weight excluding hydrogens is 437 g/mol. The van der Waals surface area contributed by atoms with E-state index in [4.69, 9.17) is 16.3 Å². The number of aromatic amines is 1. The zero-order chi connectivity index (χ0) is 22.0. The number of carbonyl (C=O) groups is 1. The molecule has 0 spiro atoms. The molecule has 1 saturated heterocycles. The number of hydrogen-bond acceptors (Lipinski definition) is 6. The van der Waals surface area contributed by atoms with Crippen molar-refractivity contribution in [1.82, 2.24) is 25.5 Å². The summed E-state index contributed by atoms with van der Waals surface area (Å²) in [6.07, 6.45) is -0.750. The van der Waals surface area contributed by atoms with Crippen molar-refractivity contribution in [2.24, 2.45) is 0 Å². The summed E-state index contributed by atoms with van der Waals surface area (Å²) in [7, 11) is 0. The van der Waals surface area contributed by atoms with Crippen molar-refractivity contribution in [2.75, 3.05) is 24.6 Å². The first kappa shape index (κ1) is 21.2. The van der Waals surface area contributed by atoms with Gasteiger partial charge in [0.25, 0.3) is 5.91 Å². The zero-order valence-corrected chi connectivity index (χ0v) is 16.6. The summed E-state index contributed by atoms with van der Waals surface area (Å²) < 4.78 is 45.2. The number of ether oxygens (including phenoxy) is 1. The van der Waals surface area contributed by atoms with Crippen LogP contribution in [0.5, 0.6) is 0 Å². The predicted octanol–water partition coefficient (Wildman–Crippen LogP) is 3.51. The number of rotatable bonds is 4. The summed E-state index contributed by atoms with van der Waals surface area (Å²) >= 11 is 6.45. The van der Waals surface area contributed by atoms with E-state index >= 15 is 0 Å². The van der Waals surface area contributed by atoms with Crippen LogP contribution in [0.15, 0.2) is 43.0 Å². The number of benzene rings is 1. The van der Waals surface area contributed by atoms with Gasteiger partial charge in [-0.25, -0.2) is 4.98 Å². The number of anilines is 2. The SMILES string of the molecule is O=C(c1cn[nH]c1)N(c1ccc([C@H]2CNCCO2)c(Cl)c1)c1cncc(C(F)(F)F)n1. The van der Waals surface area contributed by atoms with Crippen LogP contribution in [-0.4, -0.2) is 45.8 Å². The number of carbonyl (C=O) groups excluding carboxylic acids is 1. The molecule has 1 atom stereocenters. The highest BCUT2D eigenvalue weighted by Gasteiger charge is 2.34. The van der Waals surface area contributed by atoms with Crippen molar-refractivity contribution in [3.05, 3.63) is 64.8 Å². The number of morpholine rings is 1. The highest BCUT2D eigenvalue weighted by molar-refractivity contribution is 6.32. The van der Waals surface area contributed by atoms with Crippen LogP contribution < -0.4 is 10.2 Å². The molecule has 31 heavy (non-hydrogen) atoms. The largest absolute Gasteiger partial charge is 0.434 e. The van der Waals surface area contributed by atoms with E-state index in [9.17, 15) is 18.0 Å². The van der Waals surface area contributed by atoms with E-state index in [1.807, 2.05) is 0 Å². The van der Waals surface area contributed by atoms with Gasteiger partial charge in [-0.05, 0) is 12.1 Å². The smallest absolute Gasteiger partial charge is 0.371 e. The van der Waals surface area contributed by atoms with Crippen LogP contribution in [0.25, 0.3) is 0 Å². The van der Waals surface area contributed by atoms with E-state index < -0.39 is 17.8 Å². The van der Waals surface area contributed by atoms with Crippen LogP contribution in [0.3, 0.4) is 0 Å². The van der Waals surface area contributed by atoms with E-state index in [-0.39, 0.29) is 23.2 Å². The molecule has 1 fully saturated rings. The maximum Gasteiger partial charge on any atom is 0.434 e. The van der Waals surface area contributed by atoms with Crippen LogP contribution in [0, 0.1) is 0 Å². The minimum Gasteiger partial charge on any atom is -0.371 e. The van der Waals surface area contributed by atoms with E-state index in [0.717, 1.165) is 17.6 Å². The predicted molar refractivity (Wildman–Crippen MR) is 105 cm³/mol. The molecule has 8 nitrogen and oxygen atoms in total. The third-order valence-electron chi connectivity index (χ3n) is 4.61. The van der Waals surface area contributed by atoms with Crippen LogP contribution >= 0.6 is 11.6 Å². The molecule has 0 radical (unpaired) electrons. The van der Waals surface area contributed by atoms with Gasteiger partial charge in [0, 0.05) is 29.9 Å². The van der Waals surface area contributed by atoms with E-state index in [2.05, 4.69) is 25.5 Å². The summed E-state index contributed by atoms with van der Waals surface area (Å²) in [4.78, 5) is 21.3. The minimum atomic E-state index is -4.72. The lowest BCUT2D eigenvalue weighted by Gasteiger charge is -2.26. The Hall–Kier alpha value is -3.02. The Bertz CT molecular complexity index is 1070. The summed E-state index contributed by atoms with van der Waals surface area (Å²) in [5, 5.41) is 9.73. The lowest BCUT2D eigenvalue weighted by Crippen LogP contribution is -2.33. The average Bonchev–Trinajstić information content (AvgIpc) is 3.29. The number of halogens is 4. The van der Waals surface area contributed by atoms with Crippen LogP contribution in [0.1, 0.15) is 27.7 Å². The number of aromatic nitrogens is 4. The number of hydrogen-bond donors (Lipinski definition) is 2. The van der Waals surface area contributed by atoms with Gasteiger partial charge in [0.2, 0.25) is 0 Å². The van der Waals surface area contributed by atoms with Crippen molar-refractivity contribution in [2.45, 2.75) is 12.3 Å². The Balaban J connectivity index is 1.76. The molecule has 1 amide bonds. The molecule has 0 unspecified atom stereocenters. The quantitative estimate of drug-likeness (QED) is 0.629. The van der Waals surface area contributed by atoms with Crippen molar-refractivity contribution >= 4 is 29.0 Å². The number of alkyl halides is 3. The standard InChI is InChI=1S/C19H16ClF3N6O2/c20-14-5-12(1-2-13(14)15-8-24-3-4-31-15)29(18(30)11-6-26-27-7-11)17-10-25-9-16(28-17)19(21,22)23/h1-2,5-7,9-10,15,24H,3-4,8H2,(H,26,27)/t15-/m1/s1. The van der Waals surface area contributed by atoms with Gasteiger partial charge >= 0.3 is 6.18 Å².